The molecule has 5 nitrogen and oxygen atoms in total. The zero-order chi connectivity index (χ0) is 19.2. The Bertz CT molecular complexity index is 910. The van der Waals surface area contributed by atoms with Crippen LogP contribution in [-0.4, -0.2) is 24.6 Å². The number of halogens is 3. The summed E-state index contributed by atoms with van der Waals surface area (Å²) in [5.74, 6) is 0.729. The lowest BCUT2D eigenvalue weighted by molar-refractivity contribution is -0.0504. The third kappa shape index (κ3) is 5.82. The molecule has 1 aromatic heterocycles. The number of nitrogens with one attached hydrogen (secondary N) is 3. The first-order valence-electron chi connectivity index (χ1n) is 8.60. The third-order valence-electron chi connectivity index (χ3n) is 4.13. The van der Waals surface area contributed by atoms with Gasteiger partial charge in [0.1, 0.15) is 5.75 Å². The van der Waals surface area contributed by atoms with E-state index in [9.17, 15) is 8.78 Å². The minimum absolute atomic E-state index is 0. The summed E-state index contributed by atoms with van der Waals surface area (Å²) in [5, 5.41) is 7.49. The van der Waals surface area contributed by atoms with Gasteiger partial charge >= 0.3 is 6.61 Å². The quantitative estimate of drug-likeness (QED) is 0.264. The number of para-hydroxylation sites is 1. The Morgan fingerprint density at radius 2 is 1.86 bits per heavy atom. The predicted octanol–water partition coefficient (Wildman–Crippen LogP) is 4.56. The van der Waals surface area contributed by atoms with Crippen molar-refractivity contribution < 1.29 is 13.5 Å². The Labute approximate surface area is 179 Å². The van der Waals surface area contributed by atoms with E-state index in [1.54, 1.807) is 19.2 Å². The molecule has 150 valence electrons. The number of aromatic nitrogens is 1. The number of guanidine groups is 1. The minimum Gasteiger partial charge on any atom is -0.434 e. The smallest absolute Gasteiger partial charge is 0.387 e. The maximum atomic E-state index is 12.6. The number of nitrogens with zero attached hydrogens (tertiary/aromatic N) is 1. The lowest BCUT2D eigenvalue weighted by atomic mass is 10.1. The van der Waals surface area contributed by atoms with Crippen LogP contribution in [0.25, 0.3) is 10.9 Å². The fourth-order valence-electron chi connectivity index (χ4n) is 2.86. The van der Waals surface area contributed by atoms with Crippen LogP contribution >= 0.6 is 24.0 Å². The van der Waals surface area contributed by atoms with Crippen molar-refractivity contribution in [3.05, 3.63) is 65.4 Å². The largest absolute Gasteiger partial charge is 0.434 e. The van der Waals surface area contributed by atoms with Crippen LogP contribution in [0, 0.1) is 6.92 Å². The van der Waals surface area contributed by atoms with Crippen LogP contribution in [0.2, 0.25) is 0 Å². The summed E-state index contributed by atoms with van der Waals surface area (Å²) in [6, 6.07) is 15.2. The Hall–Kier alpha value is -2.36. The molecule has 0 amide bonds. The molecular weight excluding hydrogens is 477 g/mol. The molecule has 0 fully saturated rings. The molecule has 8 heteroatoms. The first kappa shape index (κ1) is 21.9. The average Bonchev–Trinajstić information content (AvgIpc) is 3.06. The molecule has 3 aromatic rings. The van der Waals surface area contributed by atoms with Crippen molar-refractivity contribution in [2.45, 2.75) is 26.6 Å². The van der Waals surface area contributed by atoms with Gasteiger partial charge in [0, 0.05) is 30.4 Å². The van der Waals surface area contributed by atoms with E-state index in [0.717, 1.165) is 22.2 Å². The summed E-state index contributed by atoms with van der Waals surface area (Å²) in [6.45, 7) is -0.0805. The van der Waals surface area contributed by atoms with Crippen molar-refractivity contribution in [1.29, 1.82) is 0 Å². The van der Waals surface area contributed by atoms with E-state index in [0.29, 0.717) is 24.6 Å². The van der Waals surface area contributed by atoms with Crippen LogP contribution in [0.3, 0.4) is 0 Å². The molecule has 0 radical (unpaired) electrons. The molecule has 0 aliphatic carbocycles. The van der Waals surface area contributed by atoms with Crippen molar-refractivity contribution in [2.24, 2.45) is 4.99 Å². The van der Waals surface area contributed by atoms with E-state index in [4.69, 9.17) is 0 Å². The van der Waals surface area contributed by atoms with Gasteiger partial charge in [0.25, 0.3) is 0 Å². The highest BCUT2D eigenvalue weighted by Crippen LogP contribution is 2.22. The molecule has 1 heterocycles. The van der Waals surface area contributed by atoms with E-state index < -0.39 is 6.61 Å². The number of aryl methyl sites for hydroxylation is 1. The van der Waals surface area contributed by atoms with E-state index in [2.05, 4.69) is 31.4 Å². The molecule has 3 N–H and O–H groups in total. The van der Waals surface area contributed by atoms with Crippen LogP contribution in [0.1, 0.15) is 16.8 Å². The Morgan fingerprint density at radius 3 is 2.57 bits per heavy atom. The van der Waals surface area contributed by atoms with Crippen LogP contribution < -0.4 is 15.4 Å². The zero-order valence-electron chi connectivity index (χ0n) is 15.6. The van der Waals surface area contributed by atoms with Gasteiger partial charge in [-0.15, -0.1) is 24.0 Å². The highest BCUT2D eigenvalue weighted by Gasteiger charge is 2.10. The number of ether oxygens (including phenoxy) is 1. The molecule has 0 saturated heterocycles. The summed E-state index contributed by atoms with van der Waals surface area (Å²) >= 11 is 0. The number of alkyl halides is 2. The second-order valence-corrected chi connectivity index (χ2v) is 6.15. The van der Waals surface area contributed by atoms with Gasteiger partial charge in [0.05, 0.1) is 6.54 Å². The van der Waals surface area contributed by atoms with Gasteiger partial charge in [-0.05, 0) is 30.5 Å². The molecule has 28 heavy (non-hydrogen) atoms. The second kappa shape index (κ2) is 10.3. The van der Waals surface area contributed by atoms with E-state index in [1.807, 2.05) is 37.3 Å². The predicted molar refractivity (Wildman–Crippen MR) is 119 cm³/mol. The van der Waals surface area contributed by atoms with E-state index in [1.165, 1.54) is 0 Å². The highest BCUT2D eigenvalue weighted by atomic mass is 127. The van der Waals surface area contributed by atoms with Crippen LogP contribution in [0.15, 0.2) is 53.5 Å². The van der Waals surface area contributed by atoms with Gasteiger partial charge < -0.3 is 20.4 Å². The normalized spacial score (nSPS) is 11.4. The van der Waals surface area contributed by atoms with Crippen LogP contribution in [-0.2, 0) is 13.1 Å². The number of fused-ring (bicyclic) bond motifs is 1. The molecule has 0 bridgehead atoms. The Kier molecular flexibility index (Phi) is 8.04. The first-order chi connectivity index (χ1) is 13.0. The third-order valence-corrected chi connectivity index (χ3v) is 4.13. The topological polar surface area (TPSA) is 61.4 Å². The van der Waals surface area contributed by atoms with Gasteiger partial charge in [-0.3, -0.25) is 4.99 Å². The maximum absolute atomic E-state index is 12.6. The number of aliphatic imine (C=N–C) groups is 1. The van der Waals surface area contributed by atoms with E-state index in [-0.39, 0.29) is 29.7 Å². The van der Waals surface area contributed by atoms with Gasteiger partial charge in [0.15, 0.2) is 5.96 Å². The molecule has 3 rings (SSSR count). The SMILES string of the molecule is CN=C(NCc1cc2ccccc2[nH]1)NCc1cc(C)ccc1OC(F)F.I. The average molecular weight is 500 g/mol. The Morgan fingerprint density at radius 1 is 1.11 bits per heavy atom. The highest BCUT2D eigenvalue weighted by molar-refractivity contribution is 14.0. The number of benzene rings is 2. The lowest BCUT2D eigenvalue weighted by Crippen LogP contribution is -2.36. The van der Waals surface area contributed by atoms with Crippen molar-refractivity contribution in [3.63, 3.8) is 0 Å². The monoisotopic (exact) mass is 500 g/mol. The summed E-state index contributed by atoms with van der Waals surface area (Å²) in [4.78, 5) is 7.52. The van der Waals surface area contributed by atoms with Crippen molar-refractivity contribution in [3.8, 4) is 5.75 Å². The molecular formula is C20H23F2IN4O. The number of rotatable bonds is 6. The zero-order valence-corrected chi connectivity index (χ0v) is 18.0. The minimum atomic E-state index is -2.86. The van der Waals surface area contributed by atoms with Gasteiger partial charge in [0.2, 0.25) is 0 Å². The summed E-state index contributed by atoms with van der Waals surface area (Å²) < 4.78 is 29.8. The molecule has 0 aliphatic heterocycles. The lowest BCUT2D eigenvalue weighted by Gasteiger charge is -2.15. The number of aromatic amines is 1. The maximum Gasteiger partial charge on any atom is 0.387 e. The van der Waals surface area contributed by atoms with E-state index >= 15 is 0 Å². The summed E-state index contributed by atoms with van der Waals surface area (Å²) in [6.07, 6.45) is 0. The first-order valence-corrected chi connectivity index (χ1v) is 8.60. The molecule has 0 unspecified atom stereocenters. The second-order valence-electron chi connectivity index (χ2n) is 6.15. The van der Waals surface area contributed by atoms with Gasteiger partial charge in [-0.25, -0.2) is 0 Å². The summed E-state index contributed by atoms with van der Waals surface area (Å²) in [7, 11) is 1.66. The molecule has 0 spiro atoms. The Balaban J connectivity index is 0.00000280. The molecule has 0 atom stereocenters. The van der Waals surface area contributed by atoms with Crippen molar-refractivity contribution in [2.75, 3.05) is 7.05 Å². The number of H-pyrrole nitrogens is 1. The summed E-state index contributed by atoms with van der Waals surface area (Å²) in [5.41, 5.74) is 3.71. The number of hydrogen-bond donors (Lipinski definition) is 3. The fourth-order valence-corrected chi connectivity index (χ4v) is 2.86. The van der Waals surface area contributed by atoms with Gasteiger partial charge in [-0.1, -0.05) is 35.9 Å². The molecule has 2 aromatic carbocycles. The van der Waals surface area contributed by atoms with Crippen LogP contribution in [0.5, 0.6) is 5.75 Å². The fraction of sp³-hybridized carbons (Fsp3) is 0.250. The van der Waals surface area contributed by atoms with Crippen LogP contribution in [0.4, 0.5) is 8.78 Å². The van der Waals surface area contributed by atoms with Crippen molar-refractivity contribution in [1.82, 2.24) is 15.6 Å². The number of hydrogen-bond acceptors (Lipinski definition) is 2. The van der Waals surface area contributed by atoms with Crippen molar-refractivity contribution >= 4 is 40.8 Å². The standard InChI is InChI=1S/C20H22F2N4O.HI/c1-13-7-8-18(27-19(21)22)15(9-13)11-24-20(23-2)25-12-16-10-14-5-3-4-6-17(14)26-16;/h3-10,19,26H,11-12H2,1-2H3,(H2,23,24,25);1H. The molecule has 0 saturated carbocycles. The molecule has 0 aliphatic rings. The van der Waals surface area contributed by atoms with Gasteiger partial charge in [-0.2, -0.15) is 8.78 Å².